The number of nitriles is 1. The van der Waals surface area contributed by atoms with Crippen molar-refractivity contribution in [2.75, 3.05) is 13.1 Å². The van der Waals surface area contributed by atoms with Crippen molar-refractivity contribution in [3.05, 3.63) is 34.6 Å². The molecular formula is C16H19N5O2. The molecule has 0 bridgehead atoms. The molecule has 0 radical (unpaired) electrons. The minimum Gasteiger partial charge on any atom is -0.342 e. The molecular weight excluding hydrogens is 294 g/mol. The van der Waals surface area contributed by atoms with Gasteiger partial charge in [-0.25, -0.2) is 4.68 Å². The number of rotatable bonds is 6. The highest BCUT2D eigenvalue weighted by molar-refractivity contribution is 5.77. The lowest BCUT2D eigenvalue weighted by Crippen LogP contribution is -2.36. The van der Waals surface area contributed by atoms with Gasteiger partial charge in [-0.05, 0) is 26.0 Å². The van der Waals surface area contributed by atoms with E-state index in [1.165, 1.54) is 4.68 Å². The summed E-state index contributed by atoms with van der Waals surface area (Å²) in [4.78, 5) is 26.1. The van der Waals surface area contributed by atoms with Gasteiger partial charge in [0.15, 0.2) is 0 Å². The van der Waals surface area contributed by atoms with Gasteiger partial charge in [-0.1, -0.05) is 17.3 Å². The van der Waals surface area contributed by atoms with E-state index in [-0.39, 0.29) is 30.3 Å². The number of hydrogen-bond donors (Lipinski definition) is 0. The second-order valence-electron chi connectivity index (χ2n) is 5.35. The van der Waals surface area contributed by atoms with Gasteiger partial charge in [-0.3, -0.25) is 9.59 Å². The molecule has 7 heteroatoms. The maximum absolute atomic E-state index is 12.3. The zero-order chi connectivity index (χ0) is 16.8. The molecule has 1 atom stereocenters. The van der Waals surface area contributed by atoms with Gasteiger partial charge < -0.3 is 4.90 Å². The number of hydrogen-bond acceptors (Lipinski definition) is 5. The van der Waals surface area contributed by atoms with Crippen LogP contribution in [0.25, 0.3) is 10.9 Å². The summed E-state index contributed by atoms with van der Waals surface area (Å²) in [6.45, 7) is 4.74. The Morgan fingerprint density at radius 3 is 2.87 bits per heavy atom. The third-order valence-corrected chi connectivity index (χ3v) is 3.62. The van der Waals surface area contributed by atoms with Crippen LogP contribution in [0.1, 0.15) is 20.3 Å². The first-order valence-corrected chi connectivity index (χ1v) is 7.56. The fourth-order valence-electron chi connectivity index (χ4n) is 2.31. The molecule has 1 amide bonds. The van der Waals surface area contributed by atoms with E-state index < -0.39 is 0 Å². The van der Waals surface area contributed by atoms with Crippen molar-refractivity contribution < 1.29 is 4.79 Å². The lowest BCUT2D eigenvalue weighted by molar-refractivity contribution is -0.131. The first-order chi connectivity index (χ1) is 11.1. The molecule has 1 aromatic carbocycles. The molecule has 120 valence electrons. The summed E-state index contributed by atoms with van der Waals surface area (Å²) < 4.78 is 1.21. The SMILES string of the molecule is CCN(C[C@@H](C)C#N)C(=O)CCn1nnc2ccccc2c1=O. The van der Waals surface area contributed by atoms with Crippen molar-refractivity contribution in [3.63, 3.8) is 0 Å². The summed E-state index contributed by atoms with van der Waals surface area (Å²) in [5, 5.41) is 17.2. The van der Waals surface area contributed by atoms with Gasteiger partial charge in [0.05, 0.1) is 23.9 Å². The molecule has 2 aromatic rings. The highest BCUT2D eigenvalue weighted by Gasteiger charge is 2.15. The van der Waals surface area contributed by atoms with E-state index in [1.54, 1.807) is 36.1 Å². The number of amides is 1. The van der Waals surface area contributed by atoms with Crippen LogP contribution in [-0.2, 0) is 11.3 Å². The van der Waals surface area contributed by atoms with Crippen LogP contribution in [0.15, 0.2) is 29.1 Å². The van der Waals surface area contributed by atoms with Gasteiger partial charge in [0, 0.05) is 19.5 Å². The topological polar surface area (TPSA) is 91.9 Å². The van der Waals surface area contributed by atoms with E-state index in [0.717, 1.165) is 0 Å². The van der Waals surface area contributed by atoms with Crippen LogP contribution in [0.2, 0.25) is 0 Å². The Morgan fingerprint density at radius 2 is 2.17 bits per heavy atom. The highest BCUT2D eigenvalue weighted by Crippen LogP contribution is 2.05. The fourth-order valence-corrected chi connectivity index (χ4v) is 2.31. The Bertz CT molecular complexity index is 793. The van der Waals surface area contributed by atoms with Crippen LogP contribution < -0.4 is 5.56 Å². The molecule has 0 aliphatic carbocycles. The lowest BCUT2D eigenvalue weighted by atomic mass is 10.2. The average molecular weight is 313 g/mol. The summed E-state index contributed by atoms with van der Waals surface area (Å²) in [6, 6.07) is 9.09. The number of aromatic nitrogens is 3. The van der Waals surface area contributed by atoms with E-state index in [1.807, 2.05) is 6.92 Å². The molecule has 0 saturated heterocycles. The quantitative estimate of drug-likeness (QED) is 0.798. The Balaban J connectivity index is 2.08. The van der Waals surface area contributed by atoms with E-state index in [0.29, 0.717) is 24.0 Å². The van der Waals surface area contributed by atoms with Crippen LogP contribution in [0.3, 0.4) is 0 Å². The van der Waals surface area contributed by atoms with Gasteiger partial charge in [0.2, 0.25) is 5.91 Å². The van der Waals surface area contributed by atoms with E-state index in [4.69, 9.17) is 5.26 Å². The fraction of sp³-hybridized carbons (Fsp3) is 0.438. The number of carbonyl (C=O) groups is 1. The van der Waals surface area contributed by atoms with Crippen molar-refractivity contribution in [1.29, 1.82) is 5.26 Å². The summed E-state index contributed by atoms with van der Waals surface area (Å²) in [5.41, 5.74) is 0.287. The Hall–Kier alpha value is -2.75. The van der Waals surface area contributed by atoms with Crippen molar-refractivity contribution in [2.45, 2.75) is 26.8 Å². The maximum atomic E-state index is 12.3. The summed E-state index contributed by atoms with van der Waals surface area (Å²) in [5.74, 6) is -0.321. The molecule has 0 aliphatic heterocycles. The zero-order valence-corrected chi connectivity index (χ0v) is 13.3. The zero-order valence-electron chi connectivity index (χ0n) is 13.3. The molecule has 0 fully saturated rings. The predicted octanol–water partition coefficient (Wildman–Crippen LogP) is 1.19. The first-order valence-electron chi connectivity index (χ1n) is 7.56. The lowest BCUT2D eigenvalue weighted by Gasteiger charge is -2.21. The van der Waals surface area contributed by atoms with Crippen LogP contribution in [-0.4, -0.2) is 38.9 Å². The van der Waals surface area contributed by atoms with E-state index in [9.17, 15) is 9.59 Å². The Kier molecular flexibility index (Phi) is 5.41. The van der Waals surface area contributed by atoms with Gasteiger partial charge in [-0.15, -0.1) is 5.10 Å². The van der Waals surface area contributed by atoms with Crippen molar-refractivity contribution in [1.82, 2.24) is 19.9 Å². The van der Waals surface area contributed by atoms with E-state index in [2.05, 4.69) is 16.4 Å². The second-order valence-corrected chi connectivity index (χ2v) is 5.35. The summed E-state index contributed by atoms with van der Waals surface area (Å²) in [7, 11) is 0. The molecule has 0 unspecified atom stereocenters. The molecule has 0 aliphatic rings. The van der Waals surface area contributed by atoms with Crippen molar-refractivity contribution in [2.24, 2.45) is 5.92 Å². The van der Waals surface area contributed by atoms with Crippen LogP contribution in [0.5, 0.6) is 0 Å². The minimum atomic E-state index is -0.253. The van der Waals surface area contributed by atoms with Crippen molar-refractivity contribution in [3.8, 4) is 6.07 Å². The second kappa shape index (κ2) is 7.49. The number of aryl methyl sites for hydroxylation is 1. The van der Waals surface area contributed by atoms with Crippen LogP contribution >= 0.6 is 0 Å². The smallest absolute Gasteiger partial charge is 0.277 e. The molecule has 1 heterocycles. The molecule has 0 N–H and O–H groups in total. The standard InChI is InChI=1S/C16H19N5O2/c1-3-20(11-12(2)10-17)15(22)8-9-21-16(23)13-6-4-5-7-14(13)18-19-21/h4-7,12H,3,8-9,11H2,1-2H3/t12-/m0/s1. The monoisotopic (exact) mass is 313 g/mol. The minimum absolute atomic E-state index is 0.101. The van der Waals surface area contributed by atoms with Gasteiger partial charge >= 0.3 is 0 Å². The highest BCUT2D eigenvalue weighted by atomic mass is 16.2. The number of carbonyl (C=O) groups excluding carboxylic acids is 1. The molecule has 7 nitrogen and oxygen atoms in total. The summed E-state index contributed by atoms with van der Waals surface area (Å²) in [6.07, 6.45) is 0.152. The van der Waals surface area contributed by atoms with Crippen molar-refractivity contribution >= 4 is 16.8 Å². The molecule has 23 heavy (non-hydrogen) atoms. The Morgan fingerprint density at radius 1 is 1.43 bits per heavy atom. The predicted molar refractivity (Wildman–Crippen MR) is 85.4 cm³/mol. The number of nitrogens with zero attached hydrogens (tertiary/aromatic N) is 5. The Labute approximate surface area is 134 Å². The van der Waals surface area contributed by atoms with Gasteiger partial charge in [0.1, 0.15) is 5.52 Å². The molecule has 0 saturated carbocycles. The first kappa shape index (κ1) is 16.6. The molecule has 1 aromatic heterocycles. The average Bonchev–Trinajstić information content (AvgIpc) is 2.58. The van der Waals surface area contributed by atoms with Crippen LogP contribution in [0.4, 0.5) is 0 Å². The maximum Gasteiger partial charge on any atom is 0.277 e. The molecule has 2 rings (SSSR count). The van der Waals surface area contributed by atoms with Gasteiger partial charge in [0.25, 0.3) is 5.56 Å². The third-order valence-electron chi connectivity index (χ3n) is 3.62. The molecule has 0 spiro atoms. The van der Waals surface area contributed by atoms with Crippen LogP contribution in [0, 0.1) is 17.2 Å². The third kappa shape index (κ3) is 3.92. The largest absolute Gasteiger partial charge is 0.342 e. The normalized spacial score (nSPS) is 11.9. The number of fused-ring (bicyclic) bond motifs is 1. The summed E-state index contributed by atoms with van der Waals surface area (Å²) >= 11 is 0. The van der Waals surface area contributed by atoms with Gasteiger partial charge in [-0.2, -0.15) is 5.26 Å². The van der Waals surface area contributed by atoms with E-state index >= 15 is 0 Å². The number of benzene rings is 1.